The molecule has 0 atom stereocenters. The average Bonchev–Trinajstić information content (AvgIpc) is 2.42. The van der Waals surface area contributed by atoms with Gasteiger partial charge in [0.15, 0.2) is 5.82 Å². The van der Waals surface area contributed by atoms with Gasteiger partial charge in [0.1, 0.15) is 9.21 Å². The third kappa shape index (κ3) is 2.38. The minimum atomic E-state index is -0.731. The molecule has 0 radical (unpaired) electrons. The van der Waals surface area contributed by atoms with E-state index in [9.17, 15) is 4.39 Å². The number of rotatable bonds is 1. The van der Waals surface area contributed by atoms with Crippen molar-refractivity contribution in [3.05, 3.63) is 21.1 Å². The van der Waals surface area contributed by atoms with Crippen LogP contribution in [0.3, 0.4) is 0 Å². The fraction of sp³-hybridized carbons (Fsp3) is 0.545. The van der Waals surface area contributed by atoms with Gasteiger partial charge in [0.25, 0.3) is 0 Å². The zero-order valence-corrected chi connectivity index (χ0v) is 13.7. The van der Waals surface area contributed by atoms with E-state index in [0.29, 0.717) is 10.1 Å². The number of hydrogen-bond acceptors (Lipinski definition) is 3. The Hall–Kier alpha value is 0.0249. The van der Waals surface area contributed by atoms with Crippen molar-refractivity contribution in [1.82, 2.24) is 4.98 Å². The van der Waals surface area contributed by atoms with E-state index < -0.39 is 24.1 Å². The molecular formula is C11H13BBr2FNO2. The van der Waals surface area contributed by atoms with Crippen LogP contribution in [0.4, 0.5) is 4.39 Å². The summed E-state index contributed by atoms with van der Waals surface area (Å²) in [5.41, 5.74) is -0.652. The van der Waals surface area contributed by atoms with Crippen molar-refractivity contribution < 1.29 is 13.7 Å². The largest absolute Gasteiger partial charge is 0.498 e. The van der Waals surface area contributed by atoms with Crippen molar-refractivity contribution in [3.63, 3.8) is 0 Å². The van der Waals surface area contributed by atoms with Gasteiger partial charge in [-0.05, 0) is 65.6 Å². The predicted octanol–water partition coefficient (Wildman–Crippen LogP) is 3.04. The zero-order valence-electron chi connectivity index (χ0n) is 10.6. The van der Waals surface area contributed by atoms with Crippen LogP contribution in [0.5, 0.6) is 0 Å². The van der Waals surface area contributed by atoms with Crippen molar-refractivity contribution >= 4 is 44.4 Å². The molecule has 1 fully saturated rings. The third-order valence-electron chi connectivity index (χ3n) is 3.42. The maximum absolute atomic E-state index is 14.0. The molecule has 1 aliphatic heterocycles. The van der Waals surface area contributed by atoms with Crippen molar-refractivity contribution in [2.75, 3.05) is 0 Å². The third-order valence-corrected chi connectivity index (χ3v) is 4.35. The quantitative estimate of drug-likeness (QED) is 0.554. The highest BCUT2D eigenvalue weighted by Crippen LogP contribution is 2.37. The number of nitrogens with zero attached hydrogens (tertiary/aromatic N) is 1. The minimum Gasteiger partial charge on any atom is -0.399 e. The van der Waals surface area contributed by atoms with Crippen molar-refractivity contribution in [1.29, 1.82) is 0 Å². The molecule has 0 N–H and O–H groups in total. The minimum absolute atomic E-state index is 0.140. The van der Waals surface area contributed by atoms with Crippen LogP contribution in [0.25, 0.3) is 0 Å². The molecule has 1 aromatic heterocycles. The molecule has 0 bridgehead atoms. The summed E-state index contributed by atoms with van der Waals surface area (Å²) in [5, 5.41) is 0. The maximum atomic E-state index is 14.0. The summed E-state index contributed by atoms with van der Waals surface area (Å²) in [6.45, 7) is 7.71. The van der Waals surface area contributed by atoms with Crippen LogP contribution in [-0.4, -0.2) is 23.3 Å². The van der Waals surface area contributed by atoms with Crippen LogP contribution >= 0.6 is 31.9 Å². The maximum Gasteiger partial charge on any atom is 0.498 e. The Labute approximate surface area is 123 Å². The van der Waals surface area contributed by atoms with Gasteiger partial charge in [0, 0.05) is 5.46 Å². The fourth-order valence-corrected chi connectivity index (χ4v) is 2.71. The first kappa shape index (κ1) is 14.4. The molecule has 0 saturated carbocycles. The van der Waals surface area contributed by atoms with Gasteiger partial charge in [0.05, 0.1) is 11.2 Å². The first-order valence-electron chi connectivity index (χ1n) is 5.51. The Morgan fingerprint density at radius 3 is 2.17 bits per heavy atom. The summed E-state index contributed by atoms with van der Waals surface area (Å²) in [6.07, 6.45) is 0. The lowest BCUT2D eigenvalue weighted by molar-refractivity contribution is 0.00578. The highest BCUT2D eigenvalue weighted by atomic mass is 79.9. The molecule has 0 unspecified atom stereocenters. The summed E-state index contributed by atoms with van der Waals surface area (Å²) in [6, 6.07) is 1.57. The summed E-state index contributed by atoms with van der Waals surface area (Å²) in [5.74, 6) is -0.461. The first-order valence-corrected chi connectivity index (χ1v) is 7.10. The Morgan fingerprint density at radius 1 is 1.17 bits per heavy atom. The van der Waals surface area contributed by atoms with E-state index in [1.807, 2.05) is 27.7 Å². The molecule has 1 aromatic rings. The highest BCUT2D eigenvalue weighted by molar-refractivity contribution is 9.11. The second-order valence-electron chi connectivity index (χ2n) is 5.23. The van der Waals surface area contributed by atoms with Crippen LogP contribution in [0.15, 0.2) is 15.3 Å². The van der Waals surface area contributed by atoms with Gasteiger partial charge in [-0.3, -0.25) is 0 Å². The molecule has 1 aliphatic rings. The molecule has 3 nitrogen and oxygen atoms in total. The smallest absolute Gasteiger partial charge is 0.399 e. The fourth-order valence-electron chi connectivity index (χ4n) is 1.63. The van der Waals surface area contributed by atoms with Gasteiger partial charge in [-0.25, -0.2) is 9.37 Å². The number of aromatic nitrogens is 1. The Morgan fingerprint density at radius 2 is 1.67 bits per heavy atom. The normalized spacial score (nSPS) is 21.4. The Balaban J connectivity index is 2.41. The van der Waals surface area contributed by atoms with Crippen LogP contribution in [0, 0.1) is 5.82 Å². The summed E-state index contributed by atoms with van der Waals surface area (Å²) >= 11 is 6.31. The summed E-state index contributed by atoms with van der Waals surface area (Å²) < 4.78 is 26.3. The topological polar surface area (TPSA) is 31.4 Å². The molecule has 0 aliphatic carbocycles. The van der Waals surface area contributed by atoms with E-state index in [2.05, 4.69) is 36.8 Å². The van der Waals surface area contributed by atoms with Gasteiger partial charge in [-0.15, -0.1) is 0 Å². The van der Waals surface area contributed by atoms with E-state index in [1.54, 1.807) is 6.07 Å². The van der Waals surface area contributed by atoms with Crippen molar-refractivity contribution in [3.8, 4) is 0 Å². The molecule has 7 heteroatoms. The SMILES string of the molecule is CC1(C)OB(c2cc(Br)nc(Br)c2F)OC1(C)C. The molecule has 98 valence electrons. The predicted molar refractivity (Wildman–Crippen MR) is 75.3 cm³/mol. The lowest BCUT2D eigenvalue weighted by Crippen LogP contribution is -2.41. The van der Waals surface area contributed by atoms with Gasteiger partial charge >= 0.3 is 7.12 Å². The molecule has 0 spiro atoms. The number of halogens is 3. The van der Waals surface area contributed by atoms with Crippen molar-refractivity contribution in [2.24, 2.45) is 0 Å². The molecule has 18 heavy (non-hydrogen) atoms. The van der Waals surface area contributed by atoms with E-state index in [0.717, 1.165) is 0 Å². The van der Waals surface area contributed by atoms with Gasteiger partial charge in [-0.2, -0.15) is 0 Å². The molecule has 1 saturated heterocycles. The zero-order chi connectivity index (χ0) is 13.7. The molecule has 2 heterocycles. The lowest BCUT2D eigenvalue weighted by atomic mass is 9.79. The van der Waals surface area contributed by atoms with Gasteiger partial charge < -0.3 is 9.31 Å². The van der Waals surface area contributed by atoms with E-state index in [4.69, 9.17) is 9.31 Å². The van der Waals surface area contributed by atoms with E-state index in [-0.39, 0.29) is 4.60 Å². The molecule has 2 rings (SSSR count). The first-order chi connectivity index (χ1) is 8.14. The molecule has 0 aromatic carbocycles. The second-order valence-corrected chi connectivity index (χ2v) is 6.79. The van der Waals surface area contributed by atoms with Gasteiger partial charge in [0.2, 0.25) is 0 Å². The lowest BCUT2D eigenvalue weighted by Gasteiger charge is -2.32. The number of pyridine rings is 1. The Kier molecular flexibility index (Phi) is 3.64. The van der Waals surface area contributed by atoms with Crippen LogP contribution in [0.2, 0.25) is 0 Å². The second kappa shape index (κ2) is 4.54. The summed E-state index contributed by atoms with van der Waals surface area (Å²) in [7, 11) is -0.731. The van der Waals surface area contributed by atoms with Gasteiger partial charge in [-0.1, -0.05) is 0 Å². The van der Waals surface area contributed by atoms with E-state index >= 15 is 0 Å². The van der Waals surface area contributed by atoms with Crippen molar-refractivity contribution in [2.45, 2.75) is 38.9 Å². The van der Waals surface area contributed by atoms with E-state index in [1.165, 1.54) is 0 Å². The number of hydrogen-bond donors (Lipinski definition) is 0. The molecular weight excluding hydrogens is 368 g/mol. The van der Waals surface area contributed by atoms with Crippen LogP contribution in [-0.2, 0) is 9.31 Å². The monoisotopic (exact) mass is 379 g/mol. The van der Waals surface area contributed by atoms with Crippen LogP contribution in [0.1, 0.15) is 27.7 Å². The highest BCUT2D eigenvalue weighted by Gasteiger charge is 2.52. The van der Waals surface area contributed by atoms with Crippen LogP contribution < -0.4 is 5.46 Å². The summed E-state index contributed by atoms with van der Waals surface area (Å²) in [4.78, 5) is 3.93. The average molecular weight is 381 g/mol. The molecule has 0 amide bonds. The standard InChI is InChI=1S/C11H13BBr2FNO2/c1-10(2)11(3,4)18-12(17-10)6-5-7(13)16-9(14)8(6)15/h5H,1-4H3. The Bertz CT molecular complexity index is 480.